The Morgan fingerprint density at radius 3 is 2.64 bits per heavy atom. The van der Waals surface area contributed by atoms with Crippen molar-refractivity contribution in [3.05, 3.63) is 69.7 Å². The molecule has 0 spiro atoms. The molecule has 0 atom stereocenters. The molecular weight excluding hydrogens is 380 g/mol. The molecule has 2 rings (SSSR count). The second kappa shape index (κ2) is 9.05. The maximum absolute atomic E-state index is 12.1. The third kappa shape index (κ3) is 5.77. The molecule has 0 fully saturated rings. The van der Waals surface area contributed by atoms with E-state index < -0.39 is 5.91 Å². The third-order valence-electron chi connectivity index (χ3n) is 3.29. The topological polar surface area (TPSA) is 62.1 Å². The van der Waals surface area contributed by atoms with E-state index in [4.69, 9.17) is 4.74 Å². The number of ether oxygens (including phenoxy) is 1. The van der Waals surface area contributed by atoms with Gasteiger partial charge in [0, 0.05) is 16.1 Å². The summed E-state index contributed by atoms with van der Waals surface area (Å²) in [5, 5.41) is 12.0. The summed E-state index contributed by atoms with van der Waals surface area (Å²) in [5.41, 5.74) is 1.75. The van der Waals surface area contributed by atoms with E-state index in [-0.39, 0.29) is 11.6 Å². The van der Waals surface area contributed by atoms with Gasteiger partial charge in [-0.15, -0.1) is 0 Å². The number of hydrogen-bond donors (Lipinski definition) is 1. The summed E-state index contributed by atoms with van der Waals surface area (Å²) in [7, 11) is 0. The van der Waals surface area contributed by atoms with Crippen molar-refractivity contribution in [1.29, 1.82) is 5.26 Å². The van der Waals surface area contributed by atoms with Crippen molar-refractivity contribution in [3.8, 4) is 11.8 Å². The van der Waals surface area contributed by atoms with Gasteiger partial charge in [-0.3, -0.25) is 4.79 Å². The van der Waals surface area contributed by atoms with Crippen molar-refractivity contribution in [2.45, 2.75) is 26.5 Å². The lowest BCUT2D eigenvalue weighted by molar-refractivity contribution is -0.117. The normalized spacial score (nSPS) is 11.1. The quantitative estimate of drug-likeness (QED) is 0.576. The van der Waals surface area contributed by atoms with Crippen molar-refractivity contribution in [3.63, 3.8) is 0 Å². The number of benzene rings is 2. The molecule has 0 saturated heterocycles. The second-order valence-electron chi connectivity index (χ2n) is 5.75. The molecule has 0 aliphatic heterocycles. The van der Waals surface area contributed by atoms with Crippen LogP contribution in [0.3, 0.4) is 0 Å². The van der Waals surface area contributed by atoms with E-state index in [1.807, 2.05) is 68.4 Å². The Kier molecular flexibility index (Phi) is 6.79. The molecule has 0 aromatic heterocycles. The zero-order chi connectivity index (χ0) is 18.2. The highest BCUT2D eigenvalue weighted by Gasteiger charge is 2.12. The Morgan fingerprint density at radius 2 is 2.00 bits per heavy atom. The maximum Gasteiger partial charge on any atom is 0.262 e. The number of amides is 1. The van der Waals surface area contributed by atoms with Gasteiger partial charge in [0.05, 0.1) is 0 Å². The molecular formula is C20H19BrN2O2. The standard InChI is InChI=1S/C20H19BrN2O2/c1-14(2)23-20(24)17(12-22)10-16-11-18(21)8-9-19(16)25-13-15-6-4-3-5-7-15/h3-11,14H,13H2,1-2H3,(H,23,24)/b17-10+. The van der Waals surface area contributed by atoms with Crippen LogP contribution in [-0.4, -0.2) is 11.9 Å². The van der Waals surface area contributed by atoms with Crippen LogP contribution in [-0.2, 0) is 11.4 Å². The van der Waals surface area contributed by atoms with E-state index in [1.165, 1.54) is 0 Å². The molecule has 0 bridgehead atoms. The van der Waals surface area contributed by atoms with E-state index in [1.54, 1.807) is 6.08 Å². The highest BCUT2D eigenvalue weighted by molar-refractivity contribution is 9.10. The first-order valence-electron chi connectivity index (χ1n) is 7.88. The van der Waals surface area contributed by atoms with Crippen LogP contribution in [0.5, 0.6) is 5.75 Å². The van der Waals surface area contributed by atoms with Crippen LogP contribution >= 0.6 is 15.9 Å². The predicted octanol–water partition coefficient (Wildman–Crippen LogP) is 4.46. The van der Waals surface area contributed by atoms with Crippen molar-refractivity contribution in [1.82, 2.24) is 5.32 Å². The minimum Gasteiger partial charge on any atom is -0.488 e. The molecule has 5 heteroatoms. The number of hydrogen-bond acceptors (Lipinski definition) is 3. The van der Waals surface area contributed by atoms with Crippen molar-refractivity contribution in [2.75, 3.05) is 0 Å². The van der Waals surface area contributed by atoms with Gasteiger partial charge in [0.25, 0.3) is 5.91 Å². The zero-order valence-electron chi connectivity index (χ0n) is 14.1. The molecule has 0 aliphatic carbocycles. The monoisotopic (exact) mass is 398 g/mol. The van der Waals surface area contributed by atoms with Gasteiger partial charge in [-0.1, -0.05) is 46.3 Å². The molecule has 0 radical (unpaired) electrons. The fraction of sp³-hybridized carbons (Fsp3) is 0.200. The molecule has 2 aromatic carbocycles. The van der Waals surface area contributed by atoms with E-state index in [9.17, 15) is 10.1 Å². The first kappa shape index (κ1) is 18.8. The highest BCUT2D eigenvalue weighted by atomic mass is 79.9. The lowest BCUT2D eigenvalue weighted by atomic mass is 10.1. The lowest BCUT2D eigenvalue weighted by Crippen LogP contribution is -2.30. The van der Waals surface area contributed by atoms with Crippen LogP contribution in [0.2, 0.25) is 0 Å². The number of carbonyl (C=O) groups excluding carboxylic acids is 1. The Morgan fingerprint density at radius 1 is 1.28 bits per heavy atom. The van der Waals surface area contributed by atoms with Crippen LogP contribution in [0, 0.1) is 11.3 Å². The second-order valence-corrected chi connectivity index (χ2v) is 6.67. The minimum atomic E-state index is -0.397. The molecule has 1 N–H and O–H groups in total. The number of nitriles is 1. The summed E-state index contributed by atoms with van der Waals surface area (Å²) in [5.74, 6) is 0.212. The average Bonchev–Trinajstić information content (AvgIpc) is 2.59. The zero-order valence-corrected chi connectivity index (χ0v) is 15.7. The fourth-order valence-electron chi connectivity index (χ4n) is 2.14. The number of halogens is 1. The van der Waals surface area contributed by atoms with E-state index in [0.29, 0.717) is 17.9 Å². The average molecular weight is 399 g/mol. The summed E-state index contributed by atoms with van der Waals surface area (Å²) < 4.78 is 6.72. The first-order valence-corrected chi connectivity index (χ1v) is 8.68. The van der Waals surface area contributed by atoms with Crippen molar-refractivity contribution in [2.24, 2.45) is 0 Å². The van der Waals surface area contributed by atoms with Crippen LogP contribution in [0.1, 0.15) is 25.0 Å². The molecule has 0 saturated carbocycles. The summed E-state index contributed by atoms with van der Waals surface area (Å²) in [6, 6.07) is 17.2. The summed E-state index contributed by atoms with van der Waals surface area (Å²) >= 11 is 3.41. The number of rotatable bonds is 6. The van der Waals surface area contributed by atoms with Crippen LogP contribution in [0.15, 0.2) is 58.6 Å². The molecule has 4 nitrogen and oxygen atoms in total. The molecule has 2 aromatic rings. The Hall–Kier alpha value is -2.58. The van der Waals surface area contributed by atoms with Gasteiger partial charge in [0.15, 0.2) is 0 Å². The third-order valence-corrected chi connectivity index (χ3v) is 3.79. The summed E-state index contributed by atoms with van der Waals surface area (Å²) in [6.45, 7) is 4.10. The molecule has 0 unspecified atom stereocenters. The number of nitrogens with zero attached hydrogens (tertiary/aromatic N) is 1. The van der Waals surface area contributed by atoms with Gasteiger partial charge >= 0.3 is 0 Å². The Balaban J connectivity index is 2.27. The largest absolute Gasteiger partial charge is 0.488 e. The van der Waals surface area contributed by atoms with Gasteiger partial charge in [0.2, 0.25) is 0 Å². The van der Waals surface area contributed by atoms with Crippen LogP contribution < -0.4 is 10.1 Å². The van der Waals surface area contributed by atoms with E-state index in [0.717, 1.165) is 10.0 Å². The molecule has 25 heavy (non-hydrogen) atoms. The Bertz CT molecular complexity index is 808. The number of nitrogens with one attached hydrogen (secondary N) is 1. The van der Waals surface area contributed by atoms with Gasteiger partial charge < -0.3 is 10.1 Å². The van der Waals surface area contributed by atoms with Crippen molar-refractivity contribution >= 4 is 27.9 Å². The minimum absolute atomic E-state index is 0.0383. The predicted molar refractivity (Wildman–Crippen MR) is 102 cm³/mol. The van der Waals surface area contributed by atoms with Gasteiger partial charge in [0.1, 0.15) is 24.0 Å². The first-order chi connectivity index (χ1) is 12.0. The summed E-state index contributed by atoms with van der Waals surface area (Å²) in [6.07, 6.45) is 1.54. The van der Waals surface area contributed by atoms with Gasteiger partial charge in [-0.2, -0.15) is 5.26 Å². The molecule has 1 amide bonds. The fourth-order valence-corrected chi connectivity index (χ4v) is 2.52. The van der Waals surface area contributed by atoms with Gasteiger partial charge in [-0.05, 0) is 43.7 Å². The highest BCUT2D eigenvalue weighted by Crippen LogP contribution is 2.26. The van der Waals surface area contributed by atoms with E-state index in [2.05, 4.69) is 21.2 Å². The lowest BCUT2D eigenvalue weighted by Gasteiger charge is -2.11. The van der Waals surface area contributed by atoms with Crippen LogP contribution in [0.4, 0.5) is 0 Å². The summed E-state index contributed by atoms with van der Waals surface area (Å²) in [4.78, 5) is 12.1. The maximum atomic E-state index is 12.1. The molecule has 0 heterocycles. The Labute approximate surface area is 156 Å². The van der Waals surface area contributed by atoms with Gasteiger partial charge in [-0.25, -0.2) is 0 Å². The molecule has 128 valence electrons. The molecule has 0 aliphatic rings. The van der Waals surface area contributed by atoms with E-state index >= 15 is 0 Å². The van der Waals surface area contributed by atoms with Crippen LogP contribution in [0.25, 0.3) is 6.08 Å². The number of carbonyl (C=O) groups is 1. The SMILES string of the molecule is CC(C)NC(=O)/C(C#N)=C/c1cc(Br)ccc1OCc1ccccc1. The van der Waals surface area contributed by atoms with Crippen molar-refractivity contribution < 1.29 is 9.53 Å². The smallest absolute Gasteiger partial charge is 0.262 e.